The van der Waals surface area contributed by atoms with Gasteiger partial charge in [-0.3, -0.25) is 4.79 Å². The standard InChI is InChI=1S/C20H18N4O/c1-14(2)17-8-4-6-10-19(17)23-13-16(12-22)20(25)24-18-9-5-3-7-15(18)11-21/h3-10,13-14,23H,1-2H3,(H,24,25)/b16-13-. The van der Waals surface area contributed by atoms with E-state index in [9.17, 15) is 10.1 Å². The largest absolute Gasteiger partial charge is 0.360 e. The summed E-state index contributed by atoms with van der Waals surface area (Å²) in [6.45, 7) is 4.14. The molecule has 0 fully saturated rings. The number of anilines is 2. The molecule has 0 atom stereocenters. The molecule has 0 spiro atoms. The normalized spacial score (nSPS) is 10.7. The molecule has 0 aliphatic heterocycles. The molecule has 0 unspecified atom stereocenters. The van der Waals surface area contributed by atoms with Gasteiger partial charge in [-0.25, -0.2) is 0 Å². The summed E-state index contributed by atoms with van der Waals surface area (Å²) in [5.74, 6) is -0.265. The summed E-state index contributed by atoms with van der Waals surface area (Å²) in [6.07, 6.45) is 1.38. The number of benzene rings is 2. The maximum absolute atomic E-state index is 12.3. The molecule has 0 bridgehead atoms. The highest BCUT2D eigenvalue weighted by Gasteiger charge is 2.12. The van der Waals surface area contributed by atoms with Gasteiger partial charge in [0.15, 0.2) is 0 Å². The Morgan fingerprint density at radius 2 is 1.68 bits per heavy atom. The molecular formula is C20H18N4O. The second-order valence-electron chi connectivity index (χ2n) is 5.67. The number of amides is 1. The monoisotopic (exact) mass is 330 g/mol. The van der Waals surface area contributed by atoms with Gasteiger partial charge < -0.3 is 10.6 Å². The van der Waals surface area contributed by atoms with Crippen LogP contribution in [0, 0.1) is 22.7 Å². The molecule has 2 rings (SSSR count). The third-order valence-corrected chi connectivity index (χ3v) is 3.62. The molecule has 124 valence electrons. The summed E-state index contributed by atoms with van der Waals surface area (Å²) >= 11 is 0. The maximum atomic E-state index is 12.3. The number of nitriles is 2. The third-order valence-electron chi connectivity index (χ3n) is 3.62. The lowest BCUT2D eigenvalue weighted by atomic mass is 10.0. The zero-order chi connectivity index (χ0) is 18.2. The Bertz CT molecular complexity index is 885. The van der Waals surface area contributed by atoms with Gasteiger partial charge in [0.05, 0.1) is 11.3 Å². The van der Waals surface area contributed by atoms with E-state index in [-0.39, 0.29) is 5.57 Å². The molecule has 0 radical (unpaired) electrons. The Hall–Kier alpha value is -3.57. The fourth-order valence-corrected chi connectivity index (χ4v) is 2.31. The second kappa shape index (κ2) is 8.33. The van der Waals surface area contributed by atoms with Crippen LogP contribution in [0.25, 0.3) is 0 Å². The minimum Gasteiger partial charge on any atom is -0.360 e. The van der Waals surface area contributed by atoms with Crippen LogP contribution in [0.5, 0.6) is 0 Å². The van der Waals surface area contributed by atoms with Crippen molar-refractivity contribution in [3.05, 3.63) is 71.4 Å². The fourth-order valence-electron chi connectivity index (χ4n) is 2.31. The smallest absolute Gasteiger partial charge is 0.267 e. The van der Waals surface area contributed by atoms with Gasteiger partial charge >= 0.3 is 0 Å². The van der Waals surface area contributed by atoms with Crippen molar-refractivity contribution in [1.29, 1.82) is 10.5 Å². The van der Waals surface area contributed by atoms with Crippen molar-refractivity contribution in [3.63, 3.8) is 0 Å². The molecule has 0 saturated carbocycles. The average molecular weight is 330 g/mol. The van der Waals surface area contributed by atoms with Crippen molar-refractivity contribution in [2.24, 2.45) is 0 Å². The van der Waals surface area contributed by atoms with Crippen LogP contribution >= 0.6 is 0 Å². The summed E-state index contributed by atoms with van der Waals surface area (Å²) < 4.78 is 0. The molecule has 0 aromatic heterocycles. The van der Waals surface area contributed by atoms with Crippen LogP contribution in [0.2, 0.25) is 0 Å². The maximum Gasteiger partial charge on any atom is 0.267 e. The number of hydrogen-bond donors (Lipinski definition) is 2. The van der Waals surface area contributed by atoms with Gasteiger partial charge in [-0.05, 0) is 29.7 Å². The van der Waals surface area contributed by atoms with Crippen LogP contribution in [0.4, 0.5) is 11.4 Å². The predicted molar refractivity (Wildman–Crippen MR) is 97.6 cm³/mol. The Morgan fingerprint density at radius 3 is 2.32 bits per heavy atom. The van der Waals surface area contributed by atoms with E-state index in [0.717, 1.165) is 11.3 Å². The number of carbonyl (C=O) groups excluding carboxylic acids is 1. The fraction of sp³-hybridized carbons (Fsp3) is 0.150. The molecule has 2 aromatic carbocycles. The minimum absolute atomic E-state index is 0.0775. The van der Waals surface area contributed by atoms with Crippen LogP contribution in [-0.2, 0) is 4.79 Å². The summed E-state index contributed by atoms with van der Waals surface area (Å²) in [5.41, 5.74) is 2.57. The van der Waals surface area contributed by atoms with E-state index in [4.69, 9.17) is 5.26 Å². The Morgan fingerprint density at radius 1 is 1.04 bits per heavy atom. The number of nitrogens with zero attached hydrogens (tertiary/aromatic N) is 2. The van der Waals surface area contributed by atoms with Crippen molar-refractivity contribution >= 4 is 17.3 Å². The molecule has 0 heterocycles. The molecule has 5 heteroatoms. The second-order valence-corrected chi connectivity index (χ2v) is 5.67. The average Bonchev–Trinajstić information content (AvgIpc) is 2.63. The zero-order valence-corrected chi connectivity index (χ0v) is 14.1. The Labute approximate surface area is 147 Å². The molecule has 2 N–H and O–H groups in total. The lowest BCUT2D eigenvalue weighted by molar-refractivity contribution is -0.112. The van der Waals surface area contributed by atoms with Crippen LogP contribution in [-0.4, -0.2) is 5.91 Å². The van der Waals surface area contributed by atoms with Gasteiger partial charge in [0.1, 0.15) is 17.7 Å². The molecule has 0 aliphatic rings. The number of carbonyl (C=O) groups is 1. The highest BCUT2D eigenvalue weighted by Crippen LogP contribution is 2.24. The quantitative estimate of drug-likeness (QED) is 0.637. The first-order chi connectivity index (χ1) is 12.1. The van der Waals surface area contributed by atoms with E-state index in [1.165, 1.54) is 6.20 Å². The van der Waals surface area contributed by atoms with Gasteiger partial charge in [0.25, 0.3) is 5.91 Å². The third kappa shape index (κ3) is 4.46. The zero-order valence-electron chi connectivity index (χ0n) is 14.1. The molecule has 2 aromatic rings. The topological polar surface area (TPSA) is 88.7 Å². The first kappa shape index (κ1) is 17.8. The SMILES string of the molecule is CC(C)c1ccccc1N/C=C(/C#N)C(=O)Nc1ccccc1C#N. The summed E-state index contributed by atoms with van der Waals surface area (Å²) in [5, 5.41) is 24.0. The number of para-hydroxylation sites is 2. The van der Waals surface area contributed by atoms with Gasteiger partial charge in [-0.2, -0.15) is 10.5 Å². The number of rotatable bonds is 5. The lowest BCUT2D eigenvalue weighted by Crippen LogP contribution is -2.15. The van der Waals surface area contributed by atoms with E-state index >= 15 is 0 Å². The van der Waals surface area contributed by atoms with Gasteiger partial charge in [-0.1, -0.05) is 44.2 Å². The lowest BCUT2D eigenvalue weighted by Gasteiger charge is -2.12. The van der Waals surface area contributed by atoms with Crippen molar-refractivity contribution in [2.75, 3.05) is 10.6 Å². The molecule has 5 nitrogen and oxygen atoms in total. The predicted octanol–water partition coefficient (Wildman–Crippen LogP) is 4.14. The van der Waals surface area contributed by atoms with Crippen LogP contribution in [0.15, 0.2) is 60.3 Å². The molecule has 25 heavy (non-hydrogen) atoms. The summed E-state index contributed by atoms with van der Waals surface area (Å²) in [4.78, 5) is 12.3. The highest BCUT2D eigenvalue weighted by molar-refractivity contribution is 6.07. The molecule has 1 amide bonds. The first-order valence-corrected chi connectivity index (χ1v) is 7.83. The van der Waals surface area contributed by atoms with E-state index in [1.807, 2.05) is 36.4 Å². The molecule has 0 saturated heterocycles. The van der Waals surface area contributed by atoms with Crippen molar-refractivity contribution in [1.82, 2.24) is 0 Å². The van der Waals surface area contributed by atoms with Crippen molar-refractivity contribution < 1.29 is 4.79 Å². The highest BCUT2D eigenvalue weighted by atomic mass is 16.1. The van der Waals surface area contributed by atoms with E-state index in [0.29, 0.717) is 17.2 Å². The Balaban J connectivity index is 2.20. The van der Waals surface area contributed by atoms with Crippen molar-refractivity contribution in [3.8, 4) is 12.1 Å². The van der Waals surface area contributed by atoms with Crippen molar-refractivity contribution in [2.45, 2.75) is 19.8 Å². The van der Waals surface area contributed by atoms with E-state index in [2.05, 4.69) is 24.5 Å². The van der Waals surface area contributed by atoms with Crippen LogP contribution in [0.1, 0.15) is 30.9 Å². The summed E-state index contributed by atoms with van der Waals surface area (Å²) in [7, 11) is 0. The van der Waals surface area contributed by atoms with Gasteiger partial charge in [0.2, 0.25) is 0 Å². The van der Waals surface area contributed by atoms with E-state index in [1.54, 1.807) is 24.3 Å². The summed E-state index contributed by atoms with van der Waals surface area (Å²) in [6, 6.07) is 18.2. The first-order valence-electron chi connectivity index (χ1n) is 7.83. The van der Waals surface area contributed by atoms with Gasteiger partial charge in [-0.15, -0.1) is 0 Å². The minimum atomic E-state index is -0.570. The molecular weight excluding hydrogens is 312 g/mol. The molecule has 0 aliphatic carbocycles. The van der Waals surface area contributed by atoms with Crippen LogP contribution in [0.3, 0.4) is 0 Å². The number of nitrogens with one attached hydrogen (secondary N) is 2. The van der Waals surface area contributed by atoms with Crippen LogP contribution < -0.4 is 10.6 Å². The van der Waals surface area contributed by atoms with Gasteiger partial charge in [0, 0.05) is 11.9 Å². The number of hydrogen-bond acceptors (Lipinski definition) is 4. The van der Waals surface area contributed by atoms with E-state index < -0.39 is 5.91 Å². The Kier molecular flexibility index (Phi) is 5.92.